The maximum Gasteiger partial charge on any atom is 0.160 e. The van der Waals surface area contributed by atoms with E-state index in [9.17, 15) is 0 Å². The third-order valence-electron chi connectivity index (χ3n) is 2.01. The first-order chi connectivity index (χ1) is 6.67. The second kappa shape index (κ2) is 4.86. The van der Waals surface area contributed by atoms with E-state index in [1.807, 2.05) is 25.1 Å². The first kappa shape index (κ1) is 10.9. The fraction of sp³-hybridized carbons (Fsp3) is 0.455. The topological polar surface area (TPSA) is 44.5 Å². The van der Waals surface area contributed by atoms with Gasteiger partial charge in [0.2, 0.25) is 0 Å². The lowest BCUT2D eigenvalue weighted by molar-refractivity contribution is 0.354. The number of rotatable bonds is 4. The number of hydrogen-bond acceptors (Lipinski definition) is 3. The van der Waals surface area contributed by atoms with Crippen molar-refractivity contribution in [2.45, 2.75) is 19.4 Å². The van der Waals surface area contributed by atoms with Crippen molar-refractivity contribution in [2.24, 2.45) is 5.73 Å². The van der Waals surface area contributed by atoms with Gasteiger partial charge in [0.15, 0.2) is 11.5 Å². The Morgan fingerprint density at radius 2 is 1.86 bits per heavy atom. The highest BCUT2D eigenvalue weighted by molar-refractivity contribution is 5.43. The van der Waals surface area contributed by atoms with E-state index in [0.717, 1.165) is 23.5 Å². The minimum Gasteiger partial charge on any atom is -0.493 e. The van der Waals surface area contributed by atoms with Crippen LogP contribution in [0.2, 0.25) is 0 Å². The van der Waals surface area contributed by atoms with Crippen LogP contribution in [0.1, 0.15) is 12.5 Å². The van der Waals surface area contributed by atoms with E-state index >= 15 is 0 Å². The van der Waals surface area contributed by atoms with Crippen LogP contribution in [0.3, 0.4) is 0 Å². The van der Waals surface area contributed by atoms with Crippen LogP contribution in [-0.4, -0.2) is 20.3 Å². The number of ether oxygens (including phenoxy) is 2. The fourth-order valence-corrected chi connectivity index (χ4v) is 1.38. The van der Waals surface area contributed by atoms with Crippen molar-refractivity contribution in [3.63, 3.8) is 0 Å². The average Bonchev–Trinajstić information content (AvgIpc) is 2.16. The van der Waals surface area contributed by atoms with Gasteiger partial charge >= 0.3 is 0 Å². The molecule has 0 saturated heterocycles. The van der Waals surface area contributed by atoms with Crippen molar-refractivity contribution in [1.29, 1.82) is 0 Å². The molecule has 0 aliphatic heterocycles. The fourth-order valence-electron chi connectivity index (χ4n) is 1.38. The summed E-state index contributed by atoms with van der Waals surface area (Å²) in [6.45, 7) is 1.98. The summed E-state index contributed by atoms with van der Waals surface area (Å²) in [5, 5.41) is 0. The molecule has 0 aliphatic rings. The molecule has 0 bridgehead atoms. The molecule has 0 aromatic heterocycles. The molecule has 1 aromatic rings. The Labute approximate surface area is 84.8 Å². The van der Waals surface area contributed by atoms with Gasteiger partial charge in [0.25, 0.3) is 0 Å². The van der Waals surface area contributed by atoms with Gasteiger partial charge in [-0.3, -0.25) is 0 Å². The SMILES string of the molecule is COc1ccc(C[C@H](C)N)cc1OC. The molecule has 0 saturated carbocycles. The van der Waals surface area contributed by atoms with Gasteiger partial charge in [-0.2, -0.15) is 0 Å². The van der Waals surface area contributed by atoms with E-state index in [4.69, 9.17) is 15.2 Å². The molecule has 0 unspecified atom stereocenters. The Balaban J connectivity index is 2.89. The Kier molecular flexibility index (Phi) is 3.77. The smallest absolute Gasteiger partial charge is 0.160 e. The molecule has 0 spiro atoms. The summed E-state index contributed by atoms with van der Waals surface area (Å²) in [5.74, 6) is 1.51. The zero-order valence-electron chi connectivity index (χ0n) is 8.91. The monoisotopic (exact) mass is 195 g/mol. The average molecular weight is 195 g/mol. The van der Waals surface area contributed by atoms with E-state index in [0.29, 0.717) is 0 Å². The van der Waals surface area contributed by atoms with Crippen molar-refractivity contribution in [3.05, 3.63) is 23.8 Å². The predicted molar refractivity (Wildman–Crippen MR) is 56.9 cm³/mol. The standard InChI is InChI=1S/C11H17NO2/c1-8(12)6-9-4-5-10(13-2)11(7-9)14-3/h4-5,7-8H,6,12H2,1-3H3/t8-/m0/s1. The molecular formula is C11H17NO2. The van der Waals surface area contributed by atoms with Crippen LogP contribution in [0.25, 0.3) is 0 Å². The molecule has 78 valence electrons. The molecule has 3 heteroatoms. The summed E-state index contributed by atoms with van der Waals surface area (Å²) in [6.07, 6.45) is 0.848. The minimum atomic E-state index is 0.160. The van der Waals surface area contributed by atoms with E-state index < -0.39 is 0 Å². The van der Waals surface area contributed by atoms with E-state index in [1.54, 1.807) is 14.2 Å². The van der Waals surface area contributed by atoms with Gasteiger partial charge < -0.3 is 15.2 Å². The van der Waals surface area contributed by atoms with Gasteiger partial charge in [-0.15, -0.1) is 0 Å². The lowest BCUT2D eigenvalue weighted by atomic mass is 10.1. The third kappa shape index (κ3) is 2.64. The predicted octanol–water partition coefficient (Wildman–Crippen LogP) is 1.59. The van der Waals surface area contributed by atoms with Gasteiger partial charge in [0.1, 0.15) is 0 Å². The van der Waals surface area contributed by atoms with Gasteiger partial charge in [-0.1, -0.05) is 6.07 Å². The molecule has 0 radical (unpaired) electrons. The van der Waals surface area contributed by atoms with Crippen molar-refractivity contribution >= 4 is 0 Å². The number of hydrogen-bond donors (Lipinski definition) is 1. The van der Waals surface area contributed by atoms with Gasteiger partial charge in [0, 0.05) is 6.04 Å². The Morgan fingerprint density at radius 3 is 2.36 bits per heavy atom. The molecular weight excluding hydrogens is 178 g/mol. The van der Waals surface area contributed by atoms with Crippen molar-refractivity contribution in [3.8, 4) is 11.5 Å². The van der Waals surface area contributed by atoms with Crippen LogP contribution < -0.4 is 15.2 Å². The highest BCUT2D eigenvalue weighted by Gasteiger charge is 2.05. The number of methoxy groups -OCH3 is 2. The largest absolute Gasteiger partial charge is 0.493 e. The molecule has 14 heavy (non-hydrogen) atoms. The first-order valence-corrected chi connectivity index (χ1v) is 4.64. The summed E-state index contributed by atoms with van der Waals surface area (Å²) in [4.78, 5) is 0. The summed E-state index contributed by atoms with van der Waals surface area (Å²) in [7, 11) is 3.26. The number of benzene rings is 1. The molecule has 0 aliphatic carbocycles. The van der Waals surface area contributed by atoms with Crippen LogP contribution in [0.4, 0.5) is 0 Å². The molecule has 2 N–H and O–H groups in total. The van der Waals surface area contributed by atoms with E-state index in [1.165, 1.54) is 0 Å². The van der Waals surface area contributed by atoms with Crippen molar-refractivity contribution in [2.75, 3.05) is 14.2 Å². The molecule has 3 nitrogen and oxygen atoms in total. The molecule has 0 amide bonds. The lowest BCUT2D eigenvalue weighted by Gasteiger charge is -2.10. The minimum absolute atomic E-state index is 0.160. The third-order valence-corrected chi connectivity index (χ3v) is 2.01. The van der Waals surface area contributed by atoms with Crippen molar-refractivity contribution < 1.29 is 9.47 Å². The highest BCUT2D eigenvalue weighted by Crippen LogP contribution is 2.27. The van der Waals surface area contributed by atoms with Crippen molar-refractivity contribution in [1.82, 2.24) is 0 Å². The summed E-state index contributed by atoms with van der Waals surface area (Å²) >= 11 is 0. The van der Waals surface area contributed by atoms with Crippen LogP contribution in [-0.2, 0) is 6.42 Å². The zero-order chi connectivity index (χ0) is 10.6. The summed E-state index contributed by atoms with van der Waals surface area (Å²) < 4.78 is 10.3. The number of nitrogens with two attached hydrogens (primary N) is 1. The van der Waals surface area contributed by atoms with Crippen LogP contribution in [0, 0.1) is 0 Å². The molecule has 0 fully saturated rings. The first-order valence-electron chi connectivity index (χ1n) is 4.64. The van der Waals surface area contributed by atoms with Crippen LogP contribution in [0.5, 0.6) is 11.5 Å². The lowest BCUT2D eigenvalue weighted by Crippen LogP contribution is -2.17. The Morgan fingerprint density at radius 1 is 1.21 bits per heavy atom. The molecule has 1 aromatic carbocycles. The quantitative estimate of drug-likeness (QED) is 0.793. The van der Waals surface area contributed by atoms with Gasteiger partial charge in [-0.05, 0) is 31.0 Å². The second-order valence-corrected chi connectivity index (χ2v) is 3.37. The Hall–Kier alpha value is -1.22. The van der Waals surface area contributed by atoms with Gasteiger partial charge in [-0.25, -0.2) is 0 Å². The summed E-state index contributed by atoms with van der Waals surface area (Å²) in [6, 6.07) is 6.02. The highest BCUT2D eigenvalue weighted by atomic mass is 16.5. The summed E-state index contributed by atoms with van der Waals surface area (Å²) in [5.41, 5.74) is 6.88. The molecule has 0 heterocycles. The van der Waals surface area contributed by atoms with Gasteiger partial charge in [0.05, 0.1) is 14.2 Å². The second-order valence-electron chi connectivity index (χ2n) is 3.37. The maximum atomic E-state index is 5.71. The van der Waals surface area contributed by atoms with Crippen LogP contribution >= 0.6 is 0 Å². The Bertz CT molecular complexity index is 297. The normalized spacial score (nSPS) is 12.3. The van der Waals surface area contributed by atoms with E-state index in [-0.39, 0.29) is 6.04 Å². The molecule has 1 rings (SSSR count). The zero-order valence-corrected chi connectivity index (χ0v) is 8.91. The maximum absolute atomic E-state index is 5.71. The van der Waals surface area contributed by atoms with E-state index in [2.05, 4.69) is 0 Å². The van der Waals surface area contributed by atoms with Crippen LogP contribution in [0.15, 0.2) is 18.2 Å². The molecule has 1 atom stereocenters.